The molecule has 19 heavy (non-hydrogen) atoms. The highest BCUT2D eigenvalue weighted by Gasteiger charge is 2.08. The molecule has 0 aliphatic carbocycles. The van der Waals surface area contributed by atoms with Crippen LogP contribution in [0.15, 0.2) is 28.9 Å². The topological polar surface area (TPSA) is 60.1 Å². The van der Waals surface area contributed by atoms with Gasteiger partial charge in [-0.2, -0.15) is 5.10 Å². The molecule has 1 N–H and O–H groups in total. The van der Waals surface area contributed by atoms with Gasteiger partial charge in [0, 0.05) is 18.7 Å². The van der Waals surface area contributed by atoms with Crippen LogP contribution >= 0.6 is 11.6 Å². The van der Waals surface area contributed by atoms with E-state index in [1.165, 1.54) is 6.08 Å². The van der Waals surface area contributed by atoms with Gasteiger partial charge in [-0.3, -0.25) is 9.48 Å². The number of furan rings is 1. The van der Waals surface area contributed by atoms with Gasteiger partial charge in [-0.15, -0.1) is 0 Å². The molecule has 0 spiro atoms. The van der Waals surface area contributed by atoms with Crippen LogP contribution in [0.3, 0.4) is 0 Å². The Morgan fingerprint density at radius 3 is 3.00 bits per heavy atom. The number of aromatic nitrogens is 2. The first-order valence-electron chi connectivity index (χ1n) is 5.75. The normalized spacial score (nSPS) is 11.1. The summed E-state index contributed by atoms with van der Waals surface area (Å²) in [5.74, 6) is 0.494. The van der Waals surface area contributed by atoms with Crippen LogP contribution < -0.4 is 5.32 Å². The zero-order valence-corrected chi connectivity index (χ0v) is 11.4. The Kier molecular flexibility index (Phi) is 4.06. The molecule has 0 radical (unpaired) electrons. The predicted molar refractivity (Wildman–Crippen MR) is 72.5 cm³/mol. The molecule has 0 saturated carbocycles. The van der Waals surface area contributed by atoms with Gasteiger partial charge in [-0.1, -0.05) is 11.6 Å². The molecule has 2 heterocycles. The van der Waals surface area contributed by atoms with Crippen LogP contribution in [0.1, 0.15) is 17.0 Å². The summed E-state index contributed by atoms with van der Waals surface area (Å²) in [6.07, 6.45) is 4.65. The second kappa shape index (κ2) is 5.75. The number of nitrogens with zero attached hydrogens (tertiary/aromatic N) is 2. The minimum absolute atomic E-state index is 0.212. The van der Waals surface area contributed by atoms with Crippen molar-refractivity contribution in [1.29, 1.82) is 0 Å². The number of amides is 1. The fourth-order valence-electron chi connectivity index (χ4n) is 1.64. The quantitative estimate of drug-likeness (QED) is 0.874. The van der Waals surface area contributed by atoms with E-state index in [1.807, 2.05) is 6.92 Å². The average Bonchev–Trinajstić information content (AvgIpc) is 2.96. The van der Waals surface area contributed by atoms with E-state index in [0.29, 0.717) is 17.5 Å². The zero-order valence-electron chi connectivity index (χ0n) is 10.7. The Balaban J connectivity index is 1.96. The summed E-state index contributed by atoms with van der Waals surface area (Å²) in [6, 6.07) is 3.57. The number of aryl methyl sites for hydroxylation is 2. The molecular weight excluding hydrogens is 266 g/mol. The van der Waals surface area contributed by atoms with Crippen LogP contribution in [-0.2, 0) is 18.4 Å². The van der Waals surface area contributed by atoms with Gasteiger partial charge in [0.15, 0.2) is 0 Å². The molecule has 0 fully saturated rings. The van der Waals surface area contributed by atoms with Crippen molar-refractivity contribution in [2.75, 3.05) is 0 Å². The molecule has 6 heteroatoms. The molecule has 2 aromatic heterocycles. The van der Waals surface area contributed by atoms with Crippen LogP contribution in [0.4, 0.5) is 0 Å². The van der Waals surface area contributed by atoms with Crippen molar-refractivity contribution in [2.45, 2.75) is 13.5 Å². The molecule has 1 amide bonds. The SMILES string of the molecule is Cc1nn(C)c(Cl)c1/C=C/C(=O)NCc1ccco1. The third-order valence-corrected chi connectivity index (χ3v) is 3.06. The summed E-state index contributed by atoms with van der Waals surface area (Å²) in [5, 5.41) is 7.38. The van der Waals surface area contributed by atoms with Gasteiger partial charge >= 0.3 is 0 Å². The van der Waals surface area contributed by atoms with Gasteiger partial charge in [0.2, 0.25) is 5.91 Å². The van der Waals surface area contributed by atoms with Gasteiger partial charge in [0.25, 0.3) is 0 Å². The van der Waals surface area contributed by atoms with Crippen LogP contribution in [0, 0.1) is 6.92 Å². The highest BCUT2D eigenvalue weighted by atomic mass is 35.5. The summed E-state index contributed by atoms with van der Waals surface area (Å²) in [4.78, 5) is 11.6. The molecule has 0 unspecified atom stereocenters. The molecule has 0 aliphatic rings. The molecule has 0 atom stereocenters. The fraction of sp³-hybridized carbons (Fsp3) is 0.231. The lowest BCUT2D eigenvalue weighted by Crippen LogP contribution is -2.19. The Labute approximate surface area is 115 Å². The molecule has 100 valence electrons. The van der Waals surface area contributed by atoms with E-state index in [1.54, 1.807) is 36.2 Å². The molecule has 5 nitrogen and oxygen atoms in total. The van der Waals surface area contributed by atoms with Crippen molar-refractivity contribution in [3.8, 4) is 0 Å². The Morgan fingerprint density at radius 2 is 2.42 bits per heavy atom. The van der Waals surface area contributed by atoms with E-state index in [9.17, 15) is 4.79 Å². The lowest BCUT2D eigenvalue weighted by molar-refractivity contribution is -0.116. The monoisotopic (exact) mass is 279 g/mol. The first-order valence-corrected chi connectivity index (χ1v) is 6.13. The molecule has 0 aliphatic heterocycles. The Morgan fingerprint density at radius 1 is 1.63 bits per heavy atom. The van der Waals surface area contributed by atoms with Gasteiger partial charge < -0.3 is 9.73 Å². The number of hydrogen-bond donors (Lipinski definition) is 1. The minimum Gasteiger partial charge on any atom is -0.467 e. The van der Waals surface area contributed by atoms with E-state index >= 15 is 0 Å². The predicted octanol–water partition coefficient (Wildman–Crippen LogP) is 2.30. The van der Waals surface area contributed by atoms with Gasteiger partial charge in [0.1, 0.15) is 10.9 Å². The third kappa shape index (κ3) is 3.26. The van der Waals surface area contributed by atoms with E-state index < -0.39 is 0 Å². The second-order valence-corrected chi connectivity index (χ2v) is 4.40. The van der Waals surface area contributed by atoms with E-state index in [0.717, 1.165) is 11.3 Å². The number of halogens is 1. The van der Waals surface area contributed by atoms with Gasteiger partial charge in [-0.05, 0) is 25.1 Å². The summed E-state index contributed by atoms with van der Waals surface area (Å²) >= 11 is 6.06. The molecular formula is C13H14ClN3O2. The number of hydrogen-bond acceptors (Lipinski definition) is 3. The summed E-state index contributed by atoms with van der Waals surface area (Å²) in [7, 11) is 1.75. The maximum atomic E-state index is 11.6. The lowest BCUT2D eigenvalue weighted by atomic mass is 10.2. The lowest BCUT2D eigenvalue weighted by Gasteiger charge is -1.98. The van der Waals surface area contributed by atoms with Gasteiger partial charge in [0.05, 0.1) is 18.5 Å². The number of carbonyl (C=O) groups is 1. The van der Waals surface area contributed by atoms with Crippen molar-refractivity contribution in [1.82, 2.24) is 15.1 Å². The van der Waals surface area contributed by atoms with Crippen LogP contribution in [0.2, 0.25) is 5.15 Å². The highest BCUT2D eigenvalue weighted by molar-refractivity contribution is 6.31. The zero-order chi connectivity index (χ0) is 13.8. The summed E-state index contributed by atoms with van der Waals surface area (Å²) in [5.41, 5.74) is 1.53. The van der Waals surface area contributed by atoms with Crippen molar-refractivity contribution in [3.05, 3.63) is 46.6 Å². The summed E-state index contributed by atoms with van der Waals surface area (Å²) in [6.45, 7) is 2.20. The first-order chi connectivity index (χ1) is 9.08. The Bertz CT molecular complexity index is 600. The number of carbonyl (C=O) groups excluding carboxylic acids is 1. The first kappa shape index (κ1) is 13.4. The smallest absolute Gasteiger partial charge is 0.244 e. The molecule has 0 bridgehead atoms. The van der Waals surface area contributed by atoms with Crippen molar-refractivity contribution in [3.63, 3.8) is 0 Å². The minimum atomic E-state index is -0.212. The number of rotatable bonds is 4. The average molecular weight is 280 g/mol. The number of nitrogens with one attached hydrogen (secondary N) is 1. The standard InChI is InChI=1S/C13H14ClN3O2/c1-9-11(13(14)17(2)16-9)5-6-12(18)15-8-10-4-3-7-19-10/h3-7H,8H2,1-2H3,(H,15,18)/b6-5+. The largest absolute Gasteiger partial charge is 0.467 e. The fourth-order valence-corrected chi connectivity index (χ4v) is 1.88. The maximum absolute atomic E-state index is 11.6. The van der Waals surface area contributed by atoms with E-state index in [4.69, 9.17) is 16.0 Å². The van der Waals surface area contributed by atoms with Gasteiger partial charge in [-0.25, -0.2) is 0 Å². The molecule has 2 aromatic rings. The molecule has 0 aromatic carbocycles. The molecule has 0 saturated heterocycles. The highest BCUT2D eigenvalue weighted by Crippen LogP contribution is 2.19. The van der Waals surface area contributed by atoms with E-state index in [-0.39, 0.29) is 5.91 Å². The van der Waals surface area contributed by atoms with Crippen molar-refractivity contribution >= 4 is 23.6 Å². The van der Waals surface area contributed by atoms with Crippen molar-refractivity contribution in [2.24, 2.45) is 7.05 Å². The Hall–Kier alpha value is -2.01. The molecule has 2 rings (SSSR count). The summed E-state index contributed by atoms with van der Waals surface area (Å²) < 4.78 is 6.68. The van der Waals surface area contributed by atoms with Crippen LogP contribution in [0.25, 0.3) is 6.08 Å². The van der Waals surface area contributed by atoms with Crippen LogP contribution in [0.5, 0.6) is 0 Å². The third-order valence-electron chi connectivity index (χ3n) is 2.61. The van der Waals surface area contributed by atoms with Crippen LogP contribution in [-0.4, -0.2) is 15.7 Å². The van der Waals surface area contributed by atoms with Crippen molar-refractivity contribution < 1.29 is 9.21 Å². The maximum Gasteiger partial charge on any atom is 0.244 e. The van der Waals surface area contributed by atoms with E-state index in [2.05, 4.69) is 10.4 Å². The second-order valence-electron chi connectivity index (χ2n) is 4.04.